The average Bonchev–Trinajstić information content (AvgIpc) is 2.85. The number of aromatic nitrogens is 2. The number of alkyl halides is 3. The smallest absolute Gasteiger partial charge is 0.357 e. The number of hydrogen-bond donors (Lipinski definition) is 2. The summed E-state index contributed by atoms with van der Waals surface area (Å²) in [5, 5.41) is 6.83. The number of piperidine rings is 1. The van der Waals surface area contributed by atoms with Crippen molar-refractivity contribution in [2.45, 2.75) is 50.0 Å². The highest BCUT2D eigenvalue weighted by Crippen LogP contribution is 2.31. The van der Waals surface area contributed by atoms with E-state index in [1.807, 2.05) is 0 Å². The van der Waals surface area contributed by atoms with Gasteiger partial charge in [-0.3, -0.25) is 0 Å². The second kappa shape index (κ2) is 4.34. The Kier molecular flexibility index (Phi) is 2.93. The van der Waals surface area contributed by atoms with Crippen LogP contribution in [0.5, 0.6) is 0 Å². The third-order valence-electron chi connectivity index (χ3n) is 3.48. The Morgan fingerprint density at radius 3 is 2.44 bits per heavy atom. The number of anilines is 1. The van der Waals surface area contributed by atoms with Crippen molar-refractivity contribution < 1.29 is 13.2 Å². The fourth-order valence-electron chi connectivity index (χ4n) is 2.75. The van der Waals surface area contributed by atoms with E-state index in [0.29, 0.717) is 12.1 Å². The van der Waals surface area contributed by atoms with Gasteiger partial charge in [0.25, 0.3) is 0 Å². The molecule has 1 aromatic heterocycles. The van der Waals surface area contributed by atoms with Gasteiger partial charge in [0.2, 0.25) is 11.0 Å². The number of fused-ring (bicyclic) bond motifs is 2. The SMILES string of the molecule is FC(F)(F)c1nsc(NC2CC3CCC(C2)N3)n1. The van der Waals surface area contributed by atoms with Crippen molar-refractivity contribution in [3.63, 3.8) is 0 Å². The van der Waals surface area contributed by atoms with E-state index in [1.165, 1.54) is 0 Å². The highest BCUT2D eigenvalue weighted by molar-refractivity contribution is 7.09. The second-order valence-electron chi connectivity index (χ2n) is 4.87. The molecular weight excluding hydrogens is 265 g/mol. The fourth-order valence-corrected chi connectivity index (χ4v) is 3.41. The minimum Gasteiger partial charge on any atom is -0.357 e. The molecule has 2 aliphatic rings. The van der Waals surface area contributed by atoms with Crippen molar-refractivity contribution in [2.75, 3.05) is 5.32 Å². The van der Waals surface area contributed by atoms with Gasteiger partial charge in [0.1, 0.15) is 0 Å². The van der Waals surface area contributed by atoms with E-state index in [9.17, 15) is 13.2 Å². The van der Waals surface area contributed by atoms with E-state index < -0.39 is 12.0 Å². The predicted octanol–water partition coefficient (Wildman–Crippen LogP) is 2.25. The topological polar surface area (TPSA) is 49.8 Å². The van der Waals surface area contributed by atoms with Crippen molar-refractivity contribution >= 4 is 16.7 Å². The van der Waals surface area contributed by atoms with Crippen LogP contribution in [0.15, 0.2) is 0 Å². The van der Waals surface area contributed by atoms with Crippen LogP contribution in [0.1, 0.15) is 31.5 Å². The Morgan fingerprint density at radius 2 is 1.89 bits per heavy atom. The summed E-state index contributed by atoms with van der Waals surface area (Å²) in [7, 11) is 0. The van der Waals surface area contributed by atoms with Crippen LogP contribution in [-0.2, 0) is 6.18 Å². The molecular formula is C10H13F3N4S. The number of nitrogens with zero attached hydrogens (tertiary/aromatic N) is 2. The third-order valence-corrected chi connectivity index (χ3v) is 4.13. The molecule has 2 bridgehead atoms. The average molecular weight is 278 g/mol. The summed E-state index contributed by atoms with van der Waals surface area (Å²) in [5.41, 5.74) is 0. The van der Waals surface area contributed by atoms with Gasteiger partial charge in [0.05, 0.1) is 0 Å². The van der Waals surface area contributed by atoms with Gasteiger partial charge in [-0.25, -0.2) is 0 Å². The van der Waals surface area contributed by atoms with Crippen LogP contribution in [0, 0.1) is 0 Å². The zero-order valence-corrected chi connectivity index (χ0v) is 10.3. The molecule has 0 spiro atoms. The number of nitrogens with one attached hydrogen (secondary N) is 2. The first-order valence-electron chi connectivity index (χ1n) is 5.94. The third kappa shape index (κ3) is 2.44. The highest BCUT2D eigenvalue weighted by Gasteiger charge is 2.37. The maximum atomic E-state index is 12.4. The van der Waals surface area contributed by atoms with E-state index in [2.05, 4.69) is 20.0 Å². The molecule has 0 amide bonds. The summed E-state index contributed by atoms with van der Waals surface area (Å²) >= 11 is 0.780. The van der Waals surface area contributed by atoms with Gasteiger partial charge < -0.3 is 10.6 Å². The Bertz CT molecular complexity index is 421. The first-order valence-corrected chi connectivity index (χ1v) is 6.71. The summed E-state index contributed by atoms with van der Waals surface area (Å²) < 4.78 is 40.4. The predicted molar refractivity (Wildman–Crippen MR) is 61.5 cm³/mol. The fraction of sp³-hybridized carbons (Fsp3) is 0.800. The minimum atomic E-state index is -4.45. The number of hydrogen-bond acceptors (Lipinski definition) is 5. The quantitative estimate of drug-likeness (QED) is 0.871. The van der Waals surface area contributed by atoms with Crippen LogP contribution in [0.3, 0.4) is 0 Å². The van der Waals surface area contributed by atoms with Gasteiger partial charge in [0, 0.05) is 29.7 Å². The van der Waals surface area contributed by atoms with E-state index in [1.54, 1.807) is 0 Å². The summed E-state index contributed by atoms with van der Waals surface area (Å²) in [5.74, 6) is -1.05. The molecule has 1 aromatic rings. The van der Waals surface area contributed by atoms with Crippen LogP contribution in [0.2, 0.25) is 0 Å². The lowest BCUT2D eigenvalue weighted by atomic mass is 10.0. The van der Waals surface area contributed by atoms with Crippen molar-refractivity contribution in [3.05, 3.63) is 5.82 Å². The van der Waals surface area contributed by atoms with Crippen molar-refractivity contribution in [1.82, 2.24) is 14.7 Å². The largest absolute Gasteiger partial charge is 0.452 e. The van der Waals surface area contributed by atoms with Crippen molar-refractivity contribution in [2.24, 2.45) is 0 Å². The van der Waals surface area contributed by atoms with E-state index in [4.69, 9.17) is 0 Å². The lowest BCUT2D eigenvalue weighted by Crippen LogP contribution is -2.43. The van der Waals surface area contributed by atoms with Crippen LogP contribution in [-0.4, -0.2) is 27.5 Å². The lowest BCUT2D eigenvalue weighted by molar-refractivity contribution is -0.144. The molecule has 3 rings (SSSR count). The molecule has 3 heterocycles. The van der Waals surface area contributed by atoms with E-state index >= 15 is 0 Å². The maximum absolute atomic E-state index is 12.4. The van der Waals surface area contributed by atoms with Crippen molar-refractivity contribution in [3.8, 4) is 0 Å². The Hall–Kier alpha value is -0.890. The molecule has 4 nitrogen and oxygen atoms in total. The maximum Gasteiger partial charge on any atom is 0.452 e. The highest BCUT2D eigenvalue weighted by atomic mass is 32.1. The lowest BCUT2D eigenvalue weighted by Gasteiger charge is -2.29. The van der Waals surface area contributed by atoms with Crippen LogP contribution < -0.4 is 10.6 Å². The molecule has 2 aliphatic heterocycles. The van der Waals surface area contributed by atoms with E-state index in [0.717, 1.165) is 37.2 Å². The molecule has 8 heteroatoms. The van der Waals surface area contributed by atoms with Gasteiger partial charge in [-0.1, -0.05) is 0 Å². The molecule has 2 fully saturated rings. The molecule has 2 saturated heterocycles. The molecule has 2 unspecified atom stereocenters. The summed E-state index contributed by atoms with van der Waals surface area (Å²) in [6.45, 7) is 0. The minimum absolute atomic E-state index is 0.206. The van der Waals surface area contributed by atoms with Gasteiger partial charge in [-0.2, -0.15) is 22.5 Å². The van der Waals surface area contributed by atoms with Gasteiger partial charge in [-0.15, -0.1) is 0 Å². The number of rotatable bonds is 2. The molecule has 2 atom stereocenters. The summed E-state index contributed by atoms with van der Waals surface area (Å²) in [6, 6.07) is 1.20. The molecule has 18 heavy (non-hydrogen) atoms. The Labute approximate surface area is 106 Å². The monoisotopic (exact) mass is 278 g/mol. The molecule has 100 valence electrons. The first-order chi connectivity index (χ1) is 8.50. The zero-order chi connectivity index (χ0) is 12.8. The van der Waals surface area contributed by atoms with Crippen LogP contribution in [0.25, 0.3) is 0 Å². The zero-order valence-electron chi connectivity index (χ0n) is 9.50. The molecule has 0 aliphatic carbocycles. The van der Waals surface area contributed by atoms with Gasteiger partial charge in [-0.05, 0) is 25.7 Å². The second-order valence-corrected chi connectivity index (χ2v) is 5.62. The van der Waals surface area contributed by atoms with Gasteiger partial charge >= 0.3 is 6.18 Å². The van der Waals surface area contributed by atoms with E-state index in [-0.39, 0.29) is 11.2 Å². The summed E-state index contributed by atoms with van der Waals surface area (Å²) in [4.78, 5) is 3.50. The summed E-state index contributed by atoms with van der Waals surface area (Å²) in [6.07, 6.45) is -0.252. The first kappa shape index (κ1) is 12.2. The van der Waals surface area contributed by atoms with Crippen LogP contribution >= 0.6 is 11.5 Å². The molecule has 2 N–H and O–H groups in total. The van der Waals surface area contributed by atoms with Crippen LogP contribution in [0.4, 0.5) is 18.3 Å². The Morgan fingerprint density at radius 1 is 1.22 bits per heavy atom. The van der Waals surface area contributed by atoms with Crippen molar-refractivity contribution in [1.29, 1.82) is 0 Å². The number of halogens is 3. The molecule has 0 saturated carbocycles. The molecule has 0 radical (unpaired) electrons. The normalized spacial score (nSPS) is 31.6. The molecule has 0 aromatic carbocycles. The van der Waals surface area contributed by atoms with Gasteiger partial charge in [0.15, 0.2) is 0 Å². The Balaban J connectivity index is 1.64. The standard InChI is InChI=1S/C10H13F3N4S/c11-10(12,13)8-16-9(18-17-8)15-7-3-5-1-2-6(4-7)14-5/h5-7,14H,1-4H2,(H,15,16,17).